The van der Waals surface area contributed by atoms with Crippen molar-refractivity contribution in [3.8, 4) is 11.5 Å². The summed E-state index contributed by atoms with van der Waals surface area (Å²) in [7, 11) is -3.83. The molecule has 0 saturated heterocycles. The van der Waals surface area contributed by atoms with Crippen LogP contribution in [0.15, 0.2) is 71.6 Å². The van der Waals surface area contributed by atoms with E-state index in [4.69, 9.17) is 9.47 Å². The first kappa shape index (κ1) is 22.7. The van der Waals surface area contributed by atoms with Crippen molar-refractivity contribution in [1.29, 1.82) is 0 Å². The van der Waals surface area contributed by atoms with Crippen molar-refractivity contribution in [3.05, 3.63) is 72.6 Å². The quantitative estimate of drug-likeness (QED) is 0.406. The molecule has 1 aliphatic heterocycles. The molecule has 9 nitrogen and oxygen atoms in total. The van der Waals surface area contributed by atoms with Crippen LogP contribution in [0.5, 0.6) is 11.5 Å². The first-order chi connectivity index (χ1) is 16.9. The van der Waals surface area contributed by atoms with Crippen LogP contribution in [0.1, 0.15) is 12.7 Å². The van der Waals surface area contributed by atoms with Crippen molar-refractivity contribution in [2.45, 2.75) is 24.8 Å². The molecule has 0 fully saturated rings. The number of rotatable bonds is 7. The number of ether oxygens (including phenoxy) is 2. The lowest BCUT2D eigenvalue weighted by atomic mass is 10.3. The number of hydrogen-bond acceptors (Lipinski definition) is 6. The van der Waals surface area contributed by atoms with Gasteiger partial charge in [0.25, 0.3) is 10.0 Å². The summed E-state index contributed by atoms with van der Waals surface area (Å²) < 4.78 is 41.0. The Morgan fingerprint density at radius 1 is 0.971 bits per heavy atom. The number of aryl methyl sites for hydroxylation is 1. The van der Waals surface area contributed by atoms with Gasteiger partial charge in [-0.2, -0.15) is 0 Å². The summed E-state index contributed by atoms with van der Waals surface area (Å²) in [5.41, 5.74) is 2.68. The molecule has 3 aromatic carbocycles. The summed E-state index contributed by atoms with van der Waals surface area (Å²) in [5.74, 6) is 1.55. The van der Waals surface area contributed by atoms with Crippen LogP contribution in [0.4, 0.5) is 11.4 Å². The third kappa shape index (κ3) is 4.78. The van der Waals surface area contributed by atoms with Crippen LogP contribution in [0.25, 0.3) is 11.0 Å². The van der Waals surface area contributed by atoms with E-state index in [1.165, 1.54) is 12.1 Å². The Hall–Kier alpha value is -4.05. The van der Waals surface area contributed by atoms with E-state index in [1.807, 2.05) is 35.8 Å². The lowest BCUT2D eigenvalue weighted by molar-refractivity contribution is -0.116. The second-order valence-electron chi connectivity index (χ2n) is 7.99. The standard InChI is InChI=1S/C25H24N4O5S/c1-2-24-27-20-5-3-4-6-21(20)29(24)16-25(30)26-17-7-9-18(10-8-17)28-35(31,32)19-11-12-22-23(15-19)34-14-13-33-22/h3-12,15,28H,2,13-14,16H2,1H3,(H,26,30). The topological polar surface area (TPSA) is 112 Å². The number of carbonyl (C=O) groups excluding carboxylic acids is 1. The van der Waals surface area contributed by atoms with E-state index < -0.39 is 10.0 Å². The first-order valence-corrected chi connectivity index (χ1v) is 12.7. The Bertz CT molecular complexity index is 1500. The highest BCUT2D eigenvalue weighted by molar-refractivity contribution is 7.92. The van der Waals surface area contributed by atoms with Gasteiger partial charge in [-0.05, 0) is 48.5 Å². The fourth-order valence-electron chi connectivity index (χ4n) is 3.94. The zero-order valence-electron chi connectivity index (χ0n) is 19.0. The van der Waals surface area contributed by atoms with Crippen LogP contribution in [-0.2, 0) is 27.8 Å². The normalized spacial score (nSPS) is 12.9. The van der Waals surface area contributed by atoms with Crippen molar-refractivity contribution in [2.24, 2.45) is 0 Å². The molecule has 0 spiro atoms. The molecule has 35 heavy (non-hydrogen) atoms. The third-order valence-corrected chi connectivity index (χ3v) is 6.98. The molecule has 5 rings (SSSR count). The molecule has 0 radical (unpaired) electrons. The number of aromatic nitrogens is 2. The fourth-order valence-corrected chi connectivity index (χ4v) is 5.02. The van der Waals surface area contributed by atoms with E-state index in [-0.39, 0.29) is 17.3 Å². The maximum Gasteiger partial charge on any atom is 0.262 e. The molecule has 10 heteroatoms. The molecule has 4 aromatic rings. The minimum atomic E-state index is -3.83. The monoisotopic (exact) mass is 492 g/mol. The molecule has 2 N–H and O–H groups in total. The van der Waals surface area contributed by atoms with E-state index in [0.717, 1.165) is 16.9 Å². The lowest BCUT2D eigenvalue weighted by Gasteiger charge is -2.19. The van der Waals surface area contributed by atoms with E-state index in [0.29, 0.717) is 42.5 Å². The molecule has 0 saturated carbocycles. The molecule has 0 unspecified atom stereocenters. The Kier molecular flexibility index (Phi) is 6.04. The van der Waals surface area contributed by atoms with Crippen LogP contribution >= 0.6 is 0 Å². The van der Waals surface area contributed by atoms with Gasteiger partial charge in [0.2, 0.25) is 5.91 Å². The summed E-state index contributed by atoms with van der Waals surface area (Å²) in [5, 5.41) is 2.86. The van der Waals surface area contributed by atoms with Gasteiger partial charge in [0, 0.05) is 23.9 Å². The second kappa shape index (κ2) is 9.30. The van der Waals surface area contributed by atoms with Gasteiger partial charge in [-0.15, -0.1) is 0 Å². The Labute approximate surface area is 202 Å². The van der Waals surface area contributed by atoms with Crippen molar-refractivity contribution in [1.82, 2.24) is 9.55 Å². The van der Waals surface area contributed by atoms with Crippen molar-refractivity contribution >= 4 is 38.3 Å². The molecule has 1 aliphatic rings. The number of para-hydroxylation sites is 2. The predicted octanol–water partition coefficient (Wildman–Crippen LogP) is 3.81. The number of anilines is 2. The highest BCUT2D eigenvalue weighted by Crippen LogP contribution is 2.32. The Morgan fingerprint density at radius 2 is 1.69 bits per heavy atom. The molecule has 1 aromatic heterocycles. The van der Waals surface area contributed by atoms with E-state index in [2.05, 4.69) is 15.0 Å². The summed E-state index contributed by atoms with van der Waals surface area (Å²) in [4.78, 5) is 17.4. The largest absolute Gasteiger partial charge is 0.486 e. The van der Waals surface area contributed by atoms with Gasteiger partial charge in [0.05, 0.1) is 15.9 Å². The number of nitrogens with zero attached hydrogens (tertiary/aromatic N) is 2. The summed E-state index contributed by atoms with van der Waals surface area (Å²) in [6, 6.07) is 18.7. The average Bonchev–Trinajstić information content (AvgIpc) is 3.22. The van der Waals surface area contributed by atoms with Gasteiger partial charge in [0.1, 0.15) is 25.6 Å². The smallest absolute Gasteiger partial charge is 0.262 e. The summed E-state index contributed by atoms with van der Waals surface area (Å²) in [6.07, 6.45) is 0.709. The third-order valence-electron chi connectivity index (χ3n) is 5.60. The number of fused-ring (bicyclic) bond motifs is 2. The number of hydrogen-bond donors (Lipinski definition) is 2. The van der Waals surface area contributed by atoms with Crippen LogP contribution in [0.2, 0.25) is 0 Å². The SMILES string of the molecule is CCc1nc2ccccc2n1CC(=O)Nc1ccc(NS(=O)(=O)c2ccc3c(c2)OCCO3)cc1. The molecule has 0 atom stereocenters. The van der Waals surface area contributed by atoms with Crippen molar-refractivity contribution < 1.29 is 22.7 Å². The number of nitrogens with one attached hydrogen (secondary N) is 2. The highest BCUT2D eigenvalue weighted by Gasteiger charge is 2.20. The van der Waals surface area contributed by atoms with Crippen LogP contribution in [0.3, 0.4) is 0 Å². The first-order valence-electron chi connectivity index (χ1n) is 11.2. The van der Waals surface area contributed by atoms with E-state index in [9.17, 15) is 13.2 Å². The van der Waals surface area contributed by atoms with Gasteiger partial charge < -0.3 is 19.4 Å². The fraction of sp³-hybridized carbons (Fsp3) is 0.200. The zero-order valence-corrected chi connectivity index (χ0v) is 19.8. The van der Waals surface area contributed by atoms with E-state index >= 15 is 0 Å². The Morgan fingerprint density at radius 3 is 2.46 bits per heavy atom. The number of amides is 1. The Balaban J connectivity index is 1.26. The van der Waals surface area contributed by atoms with E-state index in [1.54, 1.807) is 30.3 Å². The zero-order chi connectivity index (χ0) is 24.4. The number of benzene rings is 3. The van der Waals surface area contributed by atoms with Crippen LogP contribution < -0.4 is 19.5 Å². The van der Waals surface area contributed by atoms with Crippen molar-refractivity contribution in [3.63, 3.8) is 0 Å². The minimum Gasteiger partial charge on any atom is -0.486 e. The van der Waals surface area contributed by atoms with Gasteiger partial charge >= 0.3 is 0 Å². The van der Waals surface area contributed by atoms with Crippen molar-refractivity contribution in [2.75, 3.05) is 23.3 Å². The predicted molar refractivity (Wildman–Crippen MR) is 132 cm³/mol. The molecular weight excluding hydrogens is 468 g/mol. The molecule has 0 aliphatic carbocycles. The number of carbonyl (C=O) groups is 1. The lowest BCUT2D eigenvalue weighted by Crippen LogP contribution is -2.20. The average molecular weight is 493 g/mol. The molecule has 0 bridgehead atoms. The van der Waals surface area contributed by atoms with Crippen LogP contribution in [0, 0.1) is 0 Å². The molecule has 2 heterocycles. The maximum atomic E-state index is 12.8. The number of sulfonamides is 1. The summed E-state index contributed by atoms with van der Waals surface area (Å²) in [6.45, 7) is 2.93. The van der Waals surface area contributed by atoms with Gasteiger partial charge in [-0.3, -0.25) is 9.52 Å². The maximum absolute atomic E-state index is 12.8. The molecule has 180 valence electrons. The number of imidazole rings is 1. The highest BCUT2D eigenvalue weighted by atomic mass is 32.2. The van der Waals surface area contributed by atoms with Gasteiger partial charge in [0.15, 0.2) is 11.5 Å². The second-order valence-corrected chi connectivity index (χ2v) is 9.68. The minimum absolute atomic E-state index is 0.0680. The van der Waals surface area contributed by atoms with Gasteiger partial charge in [-0.1, -0.05) is 19.1 Å². The summed E-state index contributed by atoms with van der Waals surface area (Å²) >= 11 is 0. The molecule has 1 amide bonds. The van der Waals surface area contributed by atoms with Gasteiger partial charge in [-0.25, -0.2) is 13.4 Å². The van der Waals surface area contributed by atoms with Crippen LogP contribution in [-0.4, -0.2) is 37.1 Å². The molecular formula is C25H24N4O5S.